The number of fused-ring (bicyclic) bond motifs is 2. The van der Waals surface area contributed by atoms with Crippen LogP contribution in [0.3, 0.4) is 0 Å². The lowest BCUT2D eigenvalue weighted by atomic mass is 10.0. The summed E-state index contributed by atoms with van der Waals surface area (Å²) in [5, 5.41) is 7.48. The Morgan fingerprint density at radius 2 is 1.73 bits per heavy atom. The van der Waals surface area contributed by atoms with Gasteiger partial charge in [-0.25, -0.2) is 0 Å². The molecule has 5 heteroatoms. The molecule has 1 aliphatic heterocycles. The minimum absolute atomic E-state index is 0.0283. The highest BCUT2D eigenvalue weighted by Gasteiger charge is 2.63. The Labute approximate surface area is 163 Å². The standard InChI is InChI=1S/C21H37NOSi3/c1-11-25(8,9)26(10)17-14-15-12-13-16(23-24(5,6)7)19(18(15)20(17)26)22-21(2,3)4/h12-13,22H,11,14H2,1-10H3. The summed E-state index contributed by atoms with van der Waals surface area (Å²) in [5.74, 6) is 1.07. The summed E-state index contributed by atoms with van der Waals surface area (Å²) >= 11 is 0. The molecule has 144 valence electrons. The molecular formula is C21H37NOSi3. The fraction of sp³-hybridized carbons (Fsp3) is 0.619. The van der Waals surface area contributed by atoms with Crippen LogP contribution in [0.5, 0.6) is 5.75 Å². The highest BCUT2D eigenvalue weighted by molar-refractivity contribution is 7.56. The first-order chi connectivity index (χ1) is 11.7. The Morgan fingerprint density at radius 3 is 2.23 bits per heavy atom. The molecule has 1 aromatic carbocycles. The largest absolute Gasteiger partial charge is 0.543 e. The highest BCUT2D eigenvalue weighted by Crippen LogP contribution is 2.63. The van der Waals surface area contributed by atoms with E-state index in [1.54, 1.807) is 5.20 Å². The molecule has 0 saturated heterocycles. The van der Waals surface area contributed by atoms with Crippen molar-refractivity contribution in [3.05, 3.63) is 28.5 Å². The van der Waals surface area contributed by atoms with Crippen molar-refractivity contribution >= 4 is 34.4 Å². The summed E-state index contributed by atoms with van der Waals surface area (Å²) < 4.78 is 6.53. The molecule has 1 aromatic rings. The van der Waals surface area contributed by atoms with Gasteiger partial charge in [0.2, 0.25) is 8.32 Å². The number of benzene rings is 1. The highest BCUT2D eigenvalue weighted by atomic mass is 29.3. The van der Waals surface area contributed by atoms with Crippen LogP contribution in [0.25, 0.3) is 5.20 Å². The van der Waals surface area contributed by atoms with E-state index in [0.29, 0.717) is 0 Å². The van der Waals surface area contributed by atoms with E-state index in [1.807, 2.05) is 5.20 Å². The van der Waals surface area contributed by atoms with E-state index in [4.69, 9.17) is 4.43 Å². The molecule has 0 fully saturated rings. The molecule has 1 N–H and O–H groups in total. The summed E-state index contributed by atoms with van der Waals surface area (Å²) in [6.45, 7) is 23.9. The quantitative estimate of drug-likeness (QED) is 0.574. The fourth-order valence-corrected chi connectivity index (χ4v) is 18.6. The molecule has 1 heterocycles. The van der Waals surface area contributed by atoms with E-state index in [9.17, 15) is 0 Å². The van der Waals surface area contributed by atoms with Gasteiger partial charge in [-0.2, -0.15) is 0 Å². The Bertz CT molecular complexity index is 784. The molecule has 2 aliphatic rings. The lowest BCUT2D eigenvalue weighted by Crippen LogP contribution is -2.50. The third-order valence-electron chi connectivity index (χ3n) is 6.37. The van der Waals surface area contributed by atoms with Crippen LogP contribution in [0.4, 0.5) is 5.69 Å². The lowest BCUT2D eigenvalue weighted by Gasteiger charge is -2.35. The Kier molecular flexibility index (Phi) is 4.49. The van der Waals surface area contributed by atoms with Crippen molar-refractivity contribution in [2.75, 3.05) is 5.32 Å². The predicted molar refractivity (Wildman–Crippen MR) is 124 cm³/mol. The Balaban J connectivity index is 2.11. The molecule has 26 heavy (non-hydrogen) atoms. The van der Waals surface area contributed by atoms with Gasteiger partial charge in [-0.05, 0) is 58.5 Å². The van der Waals surface area contributed by atoms with Crippen LogP contribution in [0, 0.1) is 0 Å². The third kappa shape index (κ3) is 3.16. The smallest absolute Gasteiger partial charge is 0.242 e. The predicted octanol–water partition coefficient (Wildman–Crippen LogP) is 6.40. The Morgan fingerprint density at radius 1 is 1.12 bits per heavy atom. The molecule has 0 radical (unpaired) electrons. The van der Waals surface area contributed by atoms with Crippen molar-refractivity contribution < 1.29 is 4.43 Å². The lowest BCUT2D eigenvalue weighted by molar-refractivity contribution is 0.552. The number of rotatable bonds is 5. The van der Waals surface area contributed by atoms with E-state index in [-0.39, 0.29) is 5.54 Å². The molecule has 0 spiro atoms. The number of hydrogen-bond acceptors (Lipinski definition) is 2. The van der Waals surface area contributed by atoms with E-state index in [2.05, 4.69) is 84.4 Å². The molecule has 2 nitrogen and oxygen atoms in total. The average molecular weight is 404 g/mol. The monoisotopic (exact) mass is 403 g/mol. The van der Waals surface area contributed by atoms with Crippen LogP contribution >= 0.6 is 0 Å². The maximum atomic E-state index is 6.53. The van der Waals surface area contributed by atoms with E-state index >= 15 is 0 Å². The van der Waals surface area contributed by atoms with Gasteiger partial charge >= 0.3 is 0 Å². The third-order valence-corrected chi connectivity index (χ3v) is 25.4. The minimum atomic E-state index is -1.66. The van der Waals surface area contributed by atoms with Crippen molar-refractivity contribution in [2.24, 2.45) is 0 Å². The molecule has 0 saturated carbocycles. The Hall–Kier alpha value is -0.789. The normalized spacial score (nSPS) is 22.2. The van der Waals surface area contributed by atoms with Crippen LogP contribution in [0.2, 0.25) is 45.3 Å². The summed E-state index contributed by atoms with van der Waals surface area (Å²) in [4.78, 5) is 0. The van der Waals surface area contributed by atoms with Gasteiger partial charge < -0.3 is 9.74 Å². The van der Waals surface area contributed by atoms with Crippen LogP contribution < -0.4 is 9.74 Å². The number of anilines is 1. The SMILES string of the molecule is CC[Si](C)(C)[Si]1(C)C2=C1c1c(ccc(O[Si](C)(C)C)c1NC(C)(C)C)C2. The van der Waals surface area contributed by atoms with Crippen molar-refractivity contribution in [3.8, 4) is 5.75 Å². The molecule has 1 unspecified atom stereocenters. The first-order valence-corrected chi connectivity index (χ1v) is 20.2. The zero-order valence-electron chi connectivity index (χ0n) is 18.5. The maximum absolute atomic E-state index is 6.53. The van der Waals surface area contributed by atoms with Crippen LogP contribution in [-0.2, 0) is 6.42 Å². The maximum Gasteiger partial charge on any atom is 0.242 e. The molecular weight excluding hydrogens is 366 g/mol. The second-order valence-electron chi connectivity index (χ2n) is 11.0. The van der Waals surface area contributed by atoms with Crippen LogP contribution in [-0.4, -0.2) is 29.0 Å². The van der Waals surface area contributed by atoms with Crippen LogP contribution in [0.15, 0.2) is 17.3 Å². The van der Waals surface area contributed by atoms with Gasteiger partial charge in [-0.3, -0.25) is 0 Å². The first-order valence-electron chi connectivity index (χ1n) is 10.1. The number of hydrogen-bond donors (Lipinski definition) is 1. The van der Waals surface area contributed by atoms with Gasteiger partial charge in [0.25, 0.3) is 0 Å². The summed E-state index contributed by atoms with van der Waals surface area (Å²) in [7, 11) is -4.17. The van der Waals surface area contributed by atoms with Gasteiger partial charge in [0.1, 0.15) is 13.3 Å². The molecule has 1 atom stereocenters. The molecule has 3 rings (SSSR count). The van der Waals surface area contributed by atoms with E-state index < -0.39 is 23.5 Å². The van der Waals surface area contributed by atoms with Gasteiger partial charge in [-0.1, -0.05) is 49.1 Å². The fourth-order valence-electron chi connectivity index (χ4n) is 4.37. The van der Waals surface area contributed by atoms with Crippen molar-refractivity contribution in [1.82, 2.24) is 0 Å². The molecule has 0 aromatic heterocycles. The number of allylic oxidation sites excluding steroid dienone is 1. The first kappa shape index (κ1) is 20.0. The van der Waals surface area contributed by atoms with Gasteiger partial charge in [0.15, 0.2) is 0 Å². The van der Waals surface area contributed by atoms with Gasteiger partial charge in [0, 0.05) is 11.1 Å². The topological polar surface area (TPSA) is 21.3 Å². The second-order valence-corrected chi connectivity index (χ2v) is 30.3. The summed E-state index contributed by atoms with van der Waals surface area (Å²) in [5.41, 5.74) is 4.37. The van der Waals surface area contributed by atoms with Crippen molar-refractivity contribution in [1.29, 1.82) is 0 Å². The van der Waals surface area contributed by atoms with Crippen LogP contribution in [0.1, 0.15) is 38.8 Å². The van der Waals surface area contributed by atoms with Gasteiger partial charge in [0.05, 0.1) is 13.3 Å². The van der Waals surface area contributed by atoms with E-state index in [0.717, 1.165) is 5.75 Å². The second kappa shape index (κ2) is 5.85. The molecule has 0 bridgehead atoms. The van der Waals surface area contributed by atoms with Crippen molar-refractivity contribution in [3.63, 3.8) is 0 Å². The summed E-state index contributed by atoms with van der Waals surface area (Å²) in [6.07, 6.45) is 1.20. The zero-order valence-corrected chi connectivity index (χ0v) is 21.5. The molecule has 1 aliphatic carbocycles. The minimum Gasteiger partial charge on any atom is -0.543 e. The molecule has 0 amide bonds. The zero-order chi connectivity index (χ0) is 19.7. The number of nitrogens with one attached hydrogen (secondary N) is 1. The average Bonchev–Trinajstić information content (AvgIpc) is 2.89. The van der Waals surface area contributed by atoms with Gasteiger partial charge in [-0.15, -0.1) is 0 Å². The summed E-state index contributed by atoms with van der Waals surface area (Å²) in [6, 6.07) is 5.95. The van der Waals surface area contributed by atoms with Crippen molar-refractivity contribution in [2.45, 2.75) is 85.0 Å². The van der Waals surface area contributed by atoms with E-state index in [1.165, 1.54) is 29.3 Å².